The fourth-order valence-electron chi connectivity index (χ4n) is 2.65. The number of aromatic nitrogens is 3. The Bertz CT molecular complexity index is 1100. The molecule has 0 saturated carbocycles. The van der Waals surface area contributed by atoms with Crippen LogP contribution in [0.15, 0.2) is 59.7 Å². The van der Waals surface area contributed by atoms with Gasteiger partial charge in [-0.1, -0.05) is 12.1 Å². The van der Waals surface area contributed by atoms with Crippen molar-refractivity contribution in [2.24, 2.45) is 0 Å². The molecule has 2 heterocycles. The fourth-order valence-corrected chi connectivity index (χ4v) is 2.65. The van der Waals surface area contributed by atoms with Gasteiger partial charge in [0, 0.05) is 18.5 Å². The molecule has 4 rings (SSSR count). The molecule has 2 aromatic heterocycles. The molecule has 0 amide bonds. The fraction of sp³-hybridized carbons (Fsp3) is 0.0588. The lowest BCUT2D eigenvalue weighted by Crippen LogP contribution is -2.21. The van der Waals surface area contributed by atoms with E-state index < -0.39 is 5.82 Å². The molecule has 0 fully saturated rings. The molecule has 0 bridgehead atoms. The Morgan fingerprint density at radius 1 is 1.13 bits per heavy atom. The van der Waals surface area contributed by atoms with Crippen LogP contribution in [0.3, 0.4) is 0 Å². The molecule has 0 atom stereocenters. The van der Waals surface area contributed by atoms with Gasteiger partial charge in [0.2, 0.25) is 5.65 Å². The summed E-state index contributed by atoms with van der Waals surface area (Å²) in [5.74, 6) is -0.140. The maximum Gasteiger partial charge on any atom is 0.298 e. The molecule has 4 aromatic rings. The van der Waals surface area contributed by atoms with E-state index in [0.717, 1.165) is 11.0 Å². The molecule has 0 N–H and O–H groups in total. The van der Waals surface area contributed by atoms with Crippen molar-refractivity contribution < 1.29 is 9.13 Å². The Labute approximate surface area is 130 Å². The van der Waals surface area contributed by atoms with Crippen LogP contribution in [0.5, 0.6) is 5.75 Å². The van der Waals surface area contributed by atoms with E-state index in [1.165, 1.54) is 30.0 Å². The molecule has 0 radical (unpaired) electrons. The van der Waals surface area contributed by atoms with Crippen molar-refractivity contribution in [3.05, 3.63) is 71.0 Å². The second kappa shape index (κ2) is 4.95. The molecule has 5 nitrogen and oxygen atoms in total. The van der Waals surface area contributed by atoms with Crippen molar-refractivity contribution >= 4 is 16.7 Å². The highest BCUT2D eigenvalue weighted by molar-refractivity contribution is 5.80. The van der Waals surface area contributed by atoms with Crippen LogP contribution >= 0.6 is 0 Å². The molecule has 0 saturated heterocycles. The predicted octanol–water partition coefficient (Wildman–Crippen LogP) is 2.79. The number of halogens is 1. The molecule has 0 aliphatic heterocycles. The zero-order chi connectivity index (χ0) is 16.0. The van der Waals surface area contributed by atoms with Crippen molar-refractivity contribution in [2.75, 3.05) is 7.11 Å². The Morgan fingerprint density at radius 3 is 2.74 bits per heavy atom. The number of hydrogen-bond acceptors (Lipinski definition) is 3. The number of benzene rings is 2. The maximum atomic E-state index is 14.2. The first-order chi connectivity index (χ1) is 11.2. The predicted molar refractivity (Wildman–Crippen MR) is 84.8 cm³/mol. The van der Waals surface area contributed by atoms with Crippen molar-refractivity contribution in [3.63, 3.8) is 0 Å². The number of hydrogen-bond donors (Lipinski definition) is 0. The number of fused-ring (bicyclic) bond motifs is 3. The lowest BCUT2D eigenvalue weighted by molar-refractivity contribution is 0.411. The smallest absolute Gasteiger partial charge is 0.298 e. The van der Waals surface area contributed by atoms with Crippen LogP contribution in [0.1, 0.15) is 0 Å². The average Bonchev–Trinajstić information content (AvgIpc) is 2.95. The molecule has 6 heteroatoms. The van der Waals surface area contributed by atoms with E-state index in [2.05, 4.69) is 4.98 Å². The summed E-state index contributed by atoms with van der Waals surface area (Å²) < 4.78 is 22.2. The summed E-state index contributed by atoms with van der Waals surface area (Å²) in [5.41, 5.74) is 1.58. The van der Waals surface area contributed by atoms with Crippen LogP contribution in [0.25, 0.3) is 22.4 Å². The third kappa shape index (κ3) is 1.99. The third-order valence-corrected chi connectivity index (χ3v) is 3.79. The van der Waals surface area contributed by atoms with Crippen LogP contribution in [0.2, 0.25) is 0 Å². The highest BCUT2D eigenvalue weighted by Gasteiger charge is 2.13. The van der Waals surface area contributed by atoms with E-state index in [4.69, 9.17) is 4.74 Å². The summed E-state index contributed by atoms with van der Waals surface area (Å²) in [4.78, 5) is 17.0. The summed E-state index contributed by atoms with van der Waals surface area (Å²) in [6, 6.07) is 11.8. The van der Waals surface area contributed by atoms with E-state index in [-0.39, 0.29) is 16.9 Å². The van der Waals surface area contributed by atoms with E-state index in [1.807, 2.05) is 24.3 Å². The van der Waals surface area contributed by atoms with Gasteiger partial charge >= 0.3 is 0 Å². The molecule has 0 unspecified atom stereocenters. The standard InChI is InChI=1S/C17H12FN3O2/c1-23-11-6-7-14(12(18)10-11)21-9-8-20-15-5-3-2-4-13(15)19-16(20)17(21)22/h2-10H,1H3. The highest BCUT2D eigenvalue weighted by atomic mass is 19.1. The zero-order valence-electron chi connectivity index (χ0n) is 12.2. The number of nitrogens with zero attached hydrogens (tertiary/aromatic N) is 3. The topological polar surface area (TPSA) is 48.5 Å². The van der Waals surface area contributed by atoms with E-state index in [0.29, 0.717) is 5.75 Å². The monoisotopic (exact) mass is 309 g/mol. The van der Waals surface area contributed by atoms with Crippen LogP contribution in [-0.2, 0) is 0 Å². The molecule has 0 aliphatic rings. The highest BCUT2D eigenvalue weighted by Crippen LogP contribution is 2.19. The second-order valence-corrected chi connectivity index (χ2v) is 5.08. The first-order valence-electron chi connectivity index (χ1n) is 7.01. The van der Waals surface area contributed by atoms with E-state index >= 15 is 0 Å². The van der Waals surface area contributed by atoms with Gasteiger partial charge in [-0.15, -0.1) is 0 Å². The van der Waals surface area contributed by atoms with Gasteiger partial charge in [0.15, 0.2) is 5.82 Å². The first-order valence-corrected chi connectivity index (χ1v) is 7.01. The van der Waals surface area contributed by atoms with Gasteiger partial charge in [0.05, 0.1) is 23.8 Å². The van der Waals surface area contributed by atoms with Crippen LogP contribution < -0.4 is 10.3 Å². The van der Waals surface area contributed by atoms with E-state index in [1.54, 1.807) is 16.7 Å². The van der Waals surface area contributed by atoms with Crippen molar-refractivity contribution in [1.29, 1.82) is 0 Å². The van der Waals surface area contributed by atoms with Gasteiger partial charge in [-0.3, -0.25) is 13.8 Å². The Kier molecular flexibility index (Phi) is 2.90. The summed E-state index contributed by atoms with van der Waals surface area (Å²) in [7, 11) is 1.46. The lowest BCUT2D eigenvalue weighted by Gasteiger charge is -2.08. The van der Waals surface area contributed by atoms with Crippen molar-refractivity contribution in [3.8, 4) is 11.4 Å². The zero-order valence-corrected chi connectivity index (χ0v) is 12.2. The molecule has 23 heavy (non-hydrogen) atoms. The summed E-state index contributed by atoms with van der Waals surface area (Å²) in [6.07, 6.45) is 3.24. The summed E-state index contributed by atoms with van der Waals surface area (Å²) in [6.45, 7) is 0. The van der Waals surface area contributed by atoms with Gasteiger partial charge in [-0.2, -0.15) is 0 Å². The van der Waals surface area contributed by atoms with Gasteiger partial charge < -0.3 is 4.74 Å². The van der Waals surface area contributed by atoms with Crippen molar-refractivity contribution in [1.82, 2.24) is 14.0 Å². The SMILES string of the molecule is COc1ccc(-n2ccn3c(nc4ccccc43)c2=O)c(F)c1. The summed E-state index contributed by atoms with van der Waals surface area (Å²) in [5, 5.41) is 0. The van der Waals surface area contributed by atoms with Gasteiger partial charge in [0.1, 0.15) is 5.75 Å². The second-order valence-electron chi connectivity index (χ2n) is 5.08. The minimum atomic E-state index is -0.535. The molecule has 0 spiro atoms. The average molecular weight is 309 g/mol. The molecular formula is C17H12FN3O2. The largest absolute Gasteiger partial charge is 0.497 e. The van der Waals surface area contributed by atoms with Crippen molar-refractivity contribution in [2.45, 2.75) is 0 Å². The number of para-hydroxylation sites is 2. The van der Waals surface area contributed by atoms with Gasteiger partial charge in [-0.25, -0.2) is 9.37 Å². The molecule has 2 aromatic carbocycles. The van der Waals surface area contributed by atoms with Crippen LogP contribution in [0, 0.1) is 5.82 Å². The van der Waals surface area contributed by atoms with Crippen LogP contribution in [-0.4, -0.2) is 21.1 Å². The van der Waals surface area contributed by atoms with Gasteiger partial charge in [0.25, 0.3) is 5.56 Å². The normalized spacial score (nSPS) is 11.2. The first kappa shape index (κ1) is 13.5. The minimum absolute atomic E-state index is 0.158. The Balaban J connectivity index is 2.00. The minimum Gasteiger partial charge on any atom is -0.497 e. The number of rotatable bonds is 2. The van der Waals surface area contributed by atoms with Crippen LogP contribution in [0.4, 0.5) is 4.39 Å². The number of ether oxygens (including phenoxy) is 1. The summed E-state index contributed by atoms with van der Waals surface area (Å²) >= 11 is 0. The number of methoxy groups -OCH3 is 1. The quantitative estimate of drug-likeness (QED) is 0.572. The van der Waals surface area contributed by atoms with Gasteiger partial charge in [-0.05, 0) is 24.3 Å². The maximum absolute atomic E-state index is 14.2. The molecular weight excluding hydrogens is 297 g/mol. The lowest BCUT2D eigenvalue weighted by atomic mass is 10.3. The Morgan fingerprint density at radius 2 is 1.96 bits per heavy atom. The van der Waals surface area contributed by atoms with E-state index in [9.17, 15) is 9.18 Å². The molecule has 0 aliphatic carbocycles. The number of imidazole rings is 1. The molecule has 114 valence electrons. The Hall–Kier alpha value is -3.15. The third-order valence-electron chi connectivity index (χ3n) is 3.79.